The van der Waals surface area contributed by atoms with Crippen molar-refractivity contribution in [2.45, 2.75) is 25.3 Å². The average molecular weight is 361 g/mol. The van der Waals surface area contributed by atoms with Gasteiger partial charge in [0.05, 0.1) is 5.54 Å². The lowest BCUT2D eigenvalue weighted by Crippen LogP contribution is -2.45. The van der Waals surface area contributed by atoms with Crippen molar-refractivity contribution in [1.29, 1.82) is 0 Å². The van der Waals surface area contributed by atoms with Gasteiger partial charge in [0.1, 0.15) is 0 Å². The molecule has 19 heavy (non-hydrogen) atoms. The van der Waals surface area contributed by atoms with Crippen LogP contribution in [0.3, 0.4) is 0 Å². The Kier molecular flexibility index (Phi) is 4.47. The molecule has 1 aliphatic rings. The molecule has 104 valence electrons. The summed E-state index contributed by atoms with van der Waals surface area (Å²) in [7, 11) is 1.84. The molecule has 0 unspecified atom stereocenters. The van der Waals surface area contributed by atoms with Crippen LogP contribution in [0, 0.1) is 0 Å². The van der Waals surface area contributed by atoms with Crippen molar-refractivity contribution < 1.29 is 0 Å². The number of nitrogens with two attached hydrogens (primary N) is 1. The molecule has 1 aromatic rings. The van der Waals surface area contributed by atoms with E-state index in [1.54, 1.807) is 16.2 Å². The number of thiocarbonyl (C=S) groups is 1. The first-order valence-corrected chi connectivity index (χ1v) is 8.12. The SMILES string of the molecule is CN1C(=S)NCCC[C@@](C)(c2cc(Br)cs2)N=C1N. The number of hydrogen-bond donors (Lipinski definition) is 2. The molecule has 2 heterocycles. The second kappa shape index (κ2) is 5.76. The van der Waals surface area contributed by atoms with Crippen LogP contribution in [0.4, 0.5) is 0 Å². The van der Waals surface area contributed by atoms with E-state index in [2.05, 4.69) is 39.6 Å². The van der Waals surface area contributed by atoms with Crippen molar-refractivity contribution in [3.05, 3.63) is 20.8 Å². The number of guanidine groups is 1. The first-order chi connectivity index (χ1) is 8.92. The first kappa shape index (κ1) is 14.7. The van der Waals surface area contributed by atoms with Gasteiger partial charge in [-0.1, -0.05) is 0 Å². The Hall–Kier alpha value is -0.660. The van der Waals surface area contributed by atoms with E-state index >= 15 is 0 Å². The molecule has 4 nitrogen and oxygen atoms in total. The molecule has 0 aromatic carbocycles. The van der Waals surface area contributed by atoms with Crippen LogP contribution in [0.1, 0.15) is 24.6 Å². The Labute approximate surface area is 131 Å². The van der Waals surface area contributed by atoms with Crippen molar-refractivity contribution in [2.24, 2.45) is 10.7 Å². The van der Waals surface area contributed by atoms with E-state index in [9.17, 15) is 0 Å². The number of thiophene rings is 1. The van der Waals surface area contributed by atoms with Gasteiger partial charge in [-0.25, -0.2) is 4.99 Å². The molecule has 0 saturated carbocycles. The Morgan fingerprint density at radius 3 is 3.00 bits per heavy atom. The highest BCUT2D eigenvalue weighted by Gasteiger charge is 2.29. The summed E-state index contributed by atoms with van der Waals surface area (Å²) >= 11 is 10.5. The third-order valence-corrected chi connectivity index (χ3v) is 5.59. The van der Waals surface area contributed by atoms with Gasteiger partial charge < -0.3 is 11.1 Å². The summed E-state index contributed by atoms with van der Waals surface area (Å²) in [6.07, 6.45) is 1.93. The number of aliphatic imine (C=N–C) groups is 1. The van der Waals surface area contributed by atoms with E-state index < -0.39 is 0 Å². The van der Waals surface area contributed by atoms with Gasteiger partial charge in [-0.15, -0.1) is 11.3 Å². The number of halogens is 1. The first-order valence-electron chi connectivity index (χ1n) is 6.04. The van der Waals surface area contributed by atoms with Crippen LogP contribution >= 0.6 is 39.5 Å². The van der Waals surface area contributed by atoms with Gasteiger partial charge in [0.15, 0.2) is 11.1 Å². The summed E-state index contributed by atoms with van der Waals surface area (Å²) in [4.78, 5) is 7.66. The molecule has 1 aromatic heterocycles. The second-order valence-corrected chi connectivity index (χ2v) is 6.98. The summed E-state index contributed by atoms with van der Waals surface area (Å²) in [5.41, 5.74) is 5.77. The van der Waals surface area contributed by atoms with Gasteiger partial charge in [0.2, 0.25) is 0 Å². The molecule has 0 bridgehead atoms. The minimum Gasteiger partial charge on any atom is -0.369 e. The molecule has 1 aliphatic heterocycles. The standard InChI is InChI=1S/C12H17BrN4S2/c1-12(9-6-8(13)7-19-9)4-3-5-15-11(18)17(2)10(14)16-12/h6-7H,3-5H2,1-2H3,(H2,14,16)(H,15,18)/t12-/m0/s1. The van der Waals surface area contributed by atoms with Crippen molar-refractivity contribution in [3.8, 4) is 0 Å². The van der Waals surface area contributed by atoms with Crippen LogP contribution in [0.15, 0.2) is 20.9 Å². The molecule has 0 spiro atoms. The molecule has 7 heteroatoms. The van der Waals surface area contributed by atoms with Crippen LogP contribution < -0.4 is 11.1 Å². The topological polar surface area (TPSA) is 53.6 Å². The van der Waals surface area contributed by atoms with E-state index in [0.717, 1.165) is 23.9 Å². The molecule has 0 fully saturated rings. The maximum absolute atomic E-state index is 6.07. The molecule has 0 amide bonds. The number of nitrogens with zero attached hydrogens (tertiary/aromatic N) is 2. The third-order valence-electron chi connectivity index (χ3n) is 3.22. The normalized spacial score (nSPS) is 25.1. The van der Waals surface area contributed by atoms with E-state index in [-0.39, 0.29) is 5.54 Å². The van der Waals surface area contributed by atoms with Crippen molar-refractivity contribution in [1.82, 2.24) is 10.2 Å². The lowest BCUT2D eigenvalue weighted by Gasteiger charge is -2.25. The zero-order valence-electron chi connectivity index (χ0n) is 10.9. The summed E-state index contributed by atoms with van der Waals surface area (Å²) in [6, 6.07) is 2.12. The number of nitrogens with one attached hydrogen (secondary N) is 1. The van der Waals surface area contributed by atoms with Crippen LogP contribution in [0.25, 0.3) is 0 Å². The van der Waals surface area contributed by atoms with Gasteiger partial charge in [0.25, 0.3) is 0 Å². The second-order valence-electron chi connectivity index (χ2n) is 4.77. The van der Waals surface area contributed by atoms with Crippen LogP contribution in [0.2, 0.25) is 0 Å². The summed E-state index contributed by atoms with van der Waals surface area (Å²) in [5.74, 6) is 0.450. The molecular weight excluding hydrogens is 344 g/mol. The fourth-order valence-corrected chi connectivity index (χ4v) is 3.77. The summed E-state index contributed by atoms with van der Waals surface area (Å²) < 4.78 is 1.09. The highest BCUT2D eigenvalue weighted by atomic mass is 79.9. The van der Waals surface area contributed by atoms with Gasteiger partial charge in [-0.3, -0.25) is 4.90 Å². The maximum Gasteiger partial charge on any atom is 0.198 e. The fourth-order valence-electron chi connectivity index (χ4n) is 2.01. The zero-order valence-corrected chi connectivity index (χ0v) is 14.2. The van der Waals surface area contributed by atoms with Gasteiger partial charge in [-0.2, -0.15) is 0 Å². The maximum atomic E-state index is 6.07. The van der Waals surface area contributed by atoms with E-state index in [4.69, 9.17) is 22.9 Å². The van der Waals surface area contributed by atoms with Crippen molar-refractivity contribution in [3.63, 3.8) is 0 Å². The van der Waals surface area contributed by atoms with E-state index in [0.29, 0.717) is 11.1 Å². The Morgan fingerprint density at radius 2 is 2.37 bits per heavy atom. The highest BCUT2D eigenvalue weighted by Crippen LogP contribution is 2.36. The molecule has 0 saturated heterocycles. The van der Waals surface area contributed by atoms with Crippen molar-refractivity contribution >= 4 is 50.6 Å². The van der Waals surface area contributed by atoms with E-state index in [1.807, 2.05) is 7.05 Å². The zero-order chi connectivity index (χ0) is 14.0. The van der Waals surface area contributed by atoms with Crippen LogP contribution in [-0.4, -0.2) is 29.6 Å². The average Bonchev–Trinajstić information content (AvgIpc) is 2.80. The number of rotatable bonds is 1. The lowest BCUT2D eigenvalue weighted by atomic mass is 9.94. The fraction of sp³-hybridized carbons (Fsp3) is 0.500. The smallest absolute Gasteiger partial charge is 0.198 e. The third kappa shape index (κ3) is 3.27. The Bertz CT molecular complexity index is 514. The summed E-state index contributed by atoms with van der Waals surface area (Å²) in [6.45, 7) is 2.97. The molecule has 1 atom stereocenters. The highest BCUT2D eigenvalue weighted by molar-refractivity contribution is 9.10. The quantitative estimate of drug-likeness (QED) is 0.755. The molecule has 3 N–H and O–H groups in total. The van der Waals surface area contributed by atoms with Crippen LogP contribution in [0.5, 0.6) is 0 Å². The van der Waals surface area contributed by atoms with Gasteiger partial charge in [-0.05, 0) is 54.0 Å². The molecule has 2 rings (SSSR count). The minimum atomic E-state index is -0.295. The number of hydrogen-bond acceptors (Lipinski definition) is 4. The lowest BCUT2D eigenvalue weighted by molar-refractivity contribution is 0.447. The predicted octanol–water partition coefficient (Wildman–Crippen LogP) is 2.64. The monoisotopic (exact) mass is 360 g/mol. The van der Waals surface area contributed by atoms with Crippen LogP contribution in [-0.2, 0) is 5.54 Å². The minimum absolute atomic E-state index is 0.295. The van der Waals surface area contributed by atoms with Gasteiger partial charge >= 0.3 is 0 Å². The molecule has 0 radical (unpaired) electrons. The Balaban J connectivity index is 2.39. The van der Waals surface area contributed by atoms with Gasteiger partial charge in [0, 0.05) is 28.3 Å². The van der Waals surface area contributed by atoms with E-state index in [1.165, 1.54) is 4.88 Å². The largest absolute Gasteiger partial charge is 0.369 e. The van der Waals surface area contributed by atoms with Crippen molar-refractivity contribution in [2.75, 3.05) is 13.6 Å². The molecule has 0 aliphatic carbocycles. The predicted molar refractivity (Wildman–Crippen MR) is 88.6 cm³/mol. The Morgan fingerprint density at radius 1 is 1.63 bits per heavy atom. The summed E-state index contributed by atoms with van der Waals surface area (Å²) in [5, 5.41) is 5.89. The molecular formula is C12H17BrN4S2.